The normalized spacial score (nSPS) is 17.4. The molecule has 1 heterocycles. The molecule has 3 rings (SSSR count). The zero-order valence-corrected chi connectivity index (χ0v) is 16.3. The second kappa shape index (κ2) is 8.65. The lowest BCUT2D eigenvalue weighted by Gasteiger charge is -2.34. The molecule has 2 aromatic carbocycles. The SMILES string of the molecule is C[C@@H](C(=O)NCc1ccccc1)[NH+]1CCN(S(=O)(=O)c2ccccc2)CC1. The Morgan fingerprint density at radius 2 is 1.59 bits per heavy atom. The van der Waals surface area contributed by atoms with Gasteiger partial charge < -0.3 is 10.2 Å². The van der Waals surface area contributed by atoms with Gasteiger partial charge in [-0.2, -0.15) is 4.31 Å². The van der Waals surface area contributed by atoms with E-state index < -0.39 is 10.0 Å². The zero-order valence-electron chi connectivity index (χ0n) is 15.5. The summed E-state index contributed by atoms with van der Waals surface area (Å²) in [4.78, 5) is 13.9. The minimum Gasteiger partial charge on any atom is -0.347 e. The van der Waals surface area contributed by atoms with E-state index in [1.165, 1.54) is 4.31 Å². The number of nitrogens with one attached hydrogen (secondary N) is 2. The van der Waals surface area contributed by atoms with Crippen molar-refractivity contribution in [1.82, 2.24) is 9.62 Å². The van der Waals surface area contributed by atoms with Crippen molar-refractivity contribution in [2.75, 3.05) is 26.2 Å². The maximum atomic E-state index is 12.7. The third-order valence-corrected chi connectivity index (χ3v) is 6.97. The molecule has 0 saturated carbocycles. The molecule has 1 fully saturated rings. The highest BCUT2D eigenvalue weighted by Gasteiger charge is 2.34. The van der Waals surface area contributed by atoms with Gasteiger partial charge in [-0.3, -0.25) is 4.79 Å². The summed E-state index contributed by atoms with van der Waals surface area (Å²) in [7, 11) is -3.46. The Labute approximate surface area is 160 Å². The first-order chi connectivity index (χ1) is 13.0. The summed E-state index contributed by atoms with van der Waals surface area (Å²) in [5, 5.41) is 2.97. The van der Waals surface area contributed by atoms with Gasteiger partial charge >= 0.3 is 0 Å². The number of benzene rings is 2. The number of hydrogen-bond acceptors (Lipinski definition) is 3. The van der Waals surface area contributed by atoms with Gasteiger partial charge in [0, 0.05) is 6.54 Å². The fraction of sp³-hybridized carbons (Fsp3) is 0.350. The molecule has 0 unspecified atom stereocenters. The monoisotopic (exact) mass is 388 g/mol. The fourth-order valence-electron chi connectivity index (χ4n) is 3.31. The summed E-state index contributed by atoms with van der Waals surface area (Å²) in [6, 6.07) is 18.1. The quantitative estimate of drug-likeness (QED) is 0.747. The fourth-order valence-corrected chi connectivity index (χ4v) is 4.77. The molecule has 0 radical (unpaired) electrons. The lowest BCUT2D eigenvalue weighted by molar-refractivity contribution is -0.917. The lowest BCUT2D eigenvalue weighted by Crippen LogP contribution is -3.19. The summed E-state index contributed by atoms with van der Waals surface area (Å²) < 4.78 is 26.9. The van der Waals surface area contributed by atoms with E-state index in [4.69, 9.17) is 0 Å². The molecule has 2 aromatic rings. The number of sulfonamides is 1. The van der Waals surface area contributed by atoms with Crippen LogP contribution in [0.5, 0.6) is 0 Å². The van der Waals surface area contributed by atoms with Crippen LogP contribution in [0.25, 0.3) is 0 Å². The highest BCUT2D eigenvalue weighted by Crippen LogP contribution is 2.14. The first-order valence-electron chi connectivity index (χ1n) is 9.20. The Morgan fingerprint density at radius 1 is 1.04 bits per heavy atom. The van der Waals surface area contributed by atoms with Gasteiger partial charge in [0.15, 0.2) is 6.04 Å². The standard InChI is InChI=1S/C20H25N3O3S/c1-17(20(24)21-16-18-8-4-2-5-9-18)22-12-14-23(15-13-22)27(25,26)19-10-6-3-7-11-19/h2-11,17H,12-16H2,1H3,(H,21,24)/p+1/t17-/m0/s1. The molecule has 6 nitrogen and oxygen atoms in total. The molecule has 1 aliphatic heterocycles. The molecule has 0 bridgehead atoms. The lowest BCUT2D eigenvalue weighted by atomic mass is 10.2. The number of quaternary nitrogens is 1. The highest BCUT2D eigenvalue weighted by atomic mass is 32.2. The van der Waals surface area contributed by atoms with Crippen LogP contribution in [0.3, 0.4) is 0 Å². The van der Waals surface area contributed by atoms with E-state index in [2.05, 4.69) is 5.32 Å². The smallest absolute Gasteiger partial charge is 0.278 e. The summed E-state index contributed by atoms with van der Waals surface area (Å²) in [5.74, 6) is -0.00628. The average Bonchev–Trinajstić information content (AvgIpc) is 2.73. The number of rotatable bonds is 6. The van der Waals surface area contributed by atoms with Gasteiger partial charge in [0.2, 0.25) is 10.0 Å². The maximum absolute atomic E-state index is 12.7. The van der Waals surface area contributed by atoms with Gasteiger partial charge in [0.1, 0.15) is 0 Å². The van der Waals surface area contributed by atoms with E-state index in [1.807, 2.05) is 37.3 Å². The summed E-state index contributed by atoms with van der Waals surface area (Å²) in [6.45, 7) is 4.48. The molecular weight excluding hydrogens is 362 g/mol. The topological polar surface area (TPSA) is 70.9 Å². The van der Waals surface area contributed by atoms with Crippen molar-refractivity contribution in [1.29, 1.82) is 0 Å². The number of nitrogens with zero attached hydrogens (tertiary/aromatic N) is 1. The molecule has 1 atom stereocenters. The van der Waals surface area contributed by atoms with Crippen molar-refractivity contribution in [3.05, 3.63) is 66.2 Å². The van der Waals surface area contributed by atoms with Gasteiger partial charge in [-0.25, -0.2) is 8.42 Å². The molecule has 1 saturated heterocycles. The van der Waals surface area contributed by atoms with Crippen LogP contribution in [0.4, 0.5) is 0 Å². The summed E-state index contributed by atoms with van der Waals surface area (Å²) >= 11 is 0. The predicted octanol–water partition coefficient (Wildman–Crippen LogP) is 0.281. The molecule has 0 aromatic heterocycles. The van der Waals surface area contributed by atoms with Crippen LogP contribution in [0, 0.1) is 0 Å². The average molecular weight is 389 g/mol. The van der Waals surface area contributed by atoms with Crippen LogP contribution in [0.2, 0.25) is 0 Å². The van der Waals surface area contributed by atoms with Crippen LogP contribution in [-0.2, 0) is 21.4 Å². The Balaban J connectivity index is 1.53. The third kappa shape index (κ3) is 4.74. The largest absolute Gasteiger partial charge is 0.347 e. The predicted molar refractivity (Wildman–Crippen MR) is 104 cm³/mol. The van der Waals surface area contributed by atoms with E-state index in [-0.39, 0.29) is 11.9 Å². The van der Waals surface area contributed by atoms with E-state index in [9.17, 15) is 13.2 Å². The number of carbonyl (C=O) groups excluding carboxylic acids is 1. The van der Waals surface area contributed by atoms with Crippen LogP contribution < -0.4 is 10.2 Å². The van der Waals surface area contributed by atoms with Crippen LogP contribution in [-0.4, -0.2) is 50.9 Å². The Kier molecular flexibility index (Phi) is 6.26. The minimum absolute atomic E-state index is 0.00628. The maximum Gasteiger partial charge on any atom is 0.278 e. The van der Waals surface area contributed by atoms with Crippen molar-refractivity contribution in [3.63, 3.8) is 0 Å². The minimum atomic E-state index is -3.46. The van der Waals surface area contributed by atoms with Crippen LogP contribution in [0.15, 0.2) is 65.6 Å². The van der Waals surface area contributed by atoms with Crippen LogP contribution >= 0.6 is 0 Å². The van der Waals surface area contributed by atoms with Gasteiger partial charge in [-0.1, -0.05) is 48.5 Å². The molecular formula is C20H26N3O3S+. The highest BCUT2D eigenvalue weighted by molar-refractivity contribution is 7.89. The molecule has 2 N–H and O–H groups in total. The second-order valence-electron chi connectivity index (χ2n) is 6.80. The van der Waals surface area contributed by atoms with Crippen molar-refractivity contribution in [2.45, 2.75) is 24.4 Å². The van der Waals surface area contributed by atoms with Gasteiger partial charge in [-0.15, -0.1) is 0 Å². The Bertz CT molecular complexity index is 849. The molecule has 7 heteroatoms. The summed E-state index contributed by atoms with van der Waals surface area (Å²) in [5.41, 5.74) is 1.06. The van der Waals surface area contributed by atoms with Crippen LogP contribution in [0.1, 0.15) is 12.5 Å². The number of carbonyl (C=O) groups is 1. The number of amides is 1. The Morgan fingerprint density at radius 3 is 2.19 bits per heavy atom. The van der Waals surface area contributed by atoms with Gasteiger partial charge in [0.05, 0.1) is 31.1 Å². The van der Waals surface area contributed by atoms with E-state index >= 15 is 0 Å². The number of piperazine rings is 1. The number of hydrogen-bond donors (Lipinski definition) is 2. The first kappa shape index (κ1) is 19.5. The zero-order chi connectivity index (χ0) is 19.3. The van der Waals surface area contributed by atoms with E-state index in [0.29, 0.717) is 37.6 Å². The first-order valence-corrected chi connectivity index (χ1v) is 10.6. The molecule has 1 aliphatic rings. The molecule has 0 spiro atoms. The van der Waals surface area contributed by atoms with Gasteiger partial charge in [-0.05, 0) is 24.6 Å². The second-order valence-corrected chi connectivity index (χ2v) is 8.74. The molecule has 1 amide bonds. The molecule has 144 valence electrons. The van der Waals surface area contributed by atoms with Crippen molar-refractivity contribution in [3.8, 4) is 0 Å². The van der Waals surface area contributed by atoms with Crippen molar-refractivity contribution >= 4 is 15.9 Å². The molecule has 0 aliphatic carbocycles. The Hall–Kier alpha value is -2.22. The molecule has 27 heavy (non-hydrogen) atoms. The van der Waals surface area contributed by atoms with E-state index in [1.54, 1.807) is 30.3 Å². The summed E-state index contributed by atoms with van der Waals surface area (Å²) in [6.07, 6.45) is 0. The van der Waals surface area contributed by atoms with Crippen molar-refractivity contribution < 1.29 is 18.1 Å². The third-order valence-electron chi connectivity index (χ3n) is 5.06. The van der Waals surface area contributed by atoms with E-state index in [0.717, 1.165) is 10.5 Å². The van der Waals surface area contributed by atoms with Gasteiger partial charge in [0.25, 0.3) is 5.91 Å². The van der Waals surface area contributed by atoms with Crippen molar-refractivity contribution in [2.24, 2.45) is 0 Å².